The number of pyridine rings is 2. The van der Waals surface area contributed by atoms with Gasteiger partial charge in [0.25, 0.3) is 11.4 Å². The van der Waals surface area contributed by atoms with Crippen molar-refractivity contribution in [3.05, 3.63) is 191 Å². The number of rotatable bonds is 0. The molecule has 12 rings (SSSR count). The Labute approximate surface area is 271 Å². The van der Waals surface area contributed by atoms with Gasteiger partial charge in [-0.3, -0.25) is 0 Å². The van der Waals surface area contributed by atoms with E-state index < -0.39 is 5.41 Å². The van der Waals surface area contributed by atoms with Crippen LogP contribution >= 0.6 is 0 Å². The molecule has 2 aromatic heterocycles. The Morgan fingerprint density at radius 3 is 1.17 bits per heavy atom. The highest BCUT2D eigenvalue weighted by atomic mass is 15.1. The van der Waals surface area contributed by atoms with Gasteiger partial charge in [-0.05, 0) is 69.4 Å². The number of aromatic nitrogens is 2. The second-order valence-electron chi connectivity index (χ2n) is 13.2. The Bertz CT molecular complexity index is 2610. The number of hydrogen-bond acceptors (Lipinski definition) is 0. The van der Waals surface area contributed by atoms with Crippen molar-refractivity contribution in [3.8, 4) is 33.6 Å². The molecule has 5 heterocycles. The molecule has 0 unspecified atom stereocenters. The molecule has 2 heteroatoms. The van der Waals surface area contributed by atoms with Crippen LogP contribution in [-0.2, 0) is 5.41 Å². The van der Waals surface area contributed by atoms with Crippen LogP contribution in [-0.4, -0.2) is 0 Å². The summed E-state index contributed by atoms with van der Waals surface area (Å²) in [5.74, 6) is 0. The van der Waals surface area contributed by atoms with Gasteiger partial charge in [-0.2, -0.15) is 0 Å². The Hall–Kier alpha value is -6.12. The summed E-state index contributed by atoms with van der Waals surface area (Å²) in [6.45, 7) is 0. The quantitative estimate of drug-likeness (QED) is 0.155. The maximum Gasteiger partial charge on any atom is 0.292 e. The van der Waals surface area contributed by atoms with Gasteiger partial charge in [0.05, 0.1) is 33.0 Å². The zero-order valence-electron chi connectivity index (χ0n) is 25.4. The van der Waals surface area contributed by atoms with Crippen molar-refractivity contribution >= 4 is 32.9 Å². The standard InChI is InChI=1S/C45H26N2/c1-3-15-29-27(13-1)25-39-45(37-23-11-9-17-31(37)32-18-10-12-24-38(32)45)40-26-28-14-2-4-16-30(28)42-34-20-6-8-22-36(34)44(47(40)42)43-35-21-7-5-19-33(35)41(29)46(39)43/h1-26H/q+2. The minimum Gasteiger partial charge on any atom is -0.148 e. The molecular weight excluding hydrogens is 569 g/mol. The molecule has 0 radical (unpaired) electrons. The summed E-state index contributed by atoms with van der Waals surface area (Å²) in [4.78, 5) is 0. The Kier molecular flexibility index (Phi) is 4.20. The summed E-state index contributed by atoms with van der Waals surface area (Å²) in [6.07, 6.45) is 0. The fourth-order valence-electron chi connectivity index (χ4n) is 9.55. The first-order chi connectivity index (χ1) is 23.4. The van der Waals surface area contributed by atoms with Crippen LogP contribution in [0, 0.1) is 0 Å². The Balaban J connectivity index is 1.45. The number of nitrogens with zero attached hydrogens (tertiary/aromatic N) is 2. The molecule has 3 aliphatic heterocycles. The molecule has 2 nitrogen and oxygen atoms in total. The summed E-state index contributed by atoms with van der Waals surface area (Å²) in [6, 6.07) is 59.3. The summed E-state index contributed by atoms with van der Waals surface area (Å²) >= 11 is 0. The molecule has 0 bridgehead atoms. The average Bonchev–Trinajstić information content (AvgIpc) is 3.73. The van der Waals surface area contributed by atoms with Crippen LogP contribution in [0.4, 0.5) is 0 Å². The summed E-state index contributed by atoms with van der Waals surface area (Å²) in [7, 11) is 0. The molecule has 4 aliphatic rings. The average molecular weight is 595 g/mol. The predicted molar refractivity (Wildman–Crippen MR) is 188 cm³/mol. The highest BCUT2D eigenvalue weighted by molar-refractivity contribution is 6.07. The van der Waals surface area contributed by atoms with Crippen molar-refractivity contribution in [2.45, 2.75) is 5.41 Å². The van der Waals surface area contributed by atoms with E-state index in [1.165, 1.54) is 100 Å². The minimum atomic E-state index is -0.582. The molecule has 1 aliphatic carbocycles. The zero-order valence-corrected chi connectivity index (χ0v) is 25.4. The third kappa shape index (κ3) is 2.62. The van der Waals surface area contributed by atoms with E-state index in [2.05, 4.69) is 167 Å². The summed E-state index contributed by atoms with van der Waals surface area (Å²) < 4.78 is 5.32. The van der Waals surface area contributed by atoms with Crippen LogP contribution in [0.1, 0.15) is 33.6 Å². The number of fused-ring (bicyclic) bond motifs is 17. The van der Waals surface area contributed by atoms with E-state index in [1.54, 1.807) is 0 Å². The van der Waals surface area contributed by atoms with Gasteiger partial charge >= 0.3 is 0 Å². The van der Waals surface area contributed by atoms with E-state index in [0.717, 1.165) is 0 Å². The number of hydrogen-bond donors (Lipinski definition) is 0. The smallest absolute Gasteiger partial charge is 0.148 e. The normalized spacial score (nSPS) is 14.9. The van der Waals surface area contributed by atoms with E-state index >= 15 is 0 Å². The lowest BCUT2D eigenvalue weighted by Crippen LogP contribution is -2.48. The SMILES string of the molecule is c1ccc2c(c1)C1=C3c4ccccc4-c4c5ccccc5cc([n+]43)C3(c4ccccc4-c4ccccc43)c3cc4ccccc4c-2[n+]31. The second kappa shape index (κ2) is 8.17. The van der Waals surface area contributed by atoms with E-state index in [4.69, 9.17) is 0 Å². The maximum atomic E-state index is 2.66. The predicted octanol–water partition coefficient (Wildman–Crippen LogP) is 9.13. The van der Waals surface area contributed by atoms with E-state index in [1.807, 2.05) is 0 Å². The molecule has 47 heavy (non-hydrogen) atoms. The fraction of sp³-hybridized carbons (Fsp3) is 0.0222. The number of benzene rings is 6. The molecule has 0 N–H and O–H groups in total. The van der Waals surface area contributed by atoms with Crippen LogP contribution in [0.25, 0.3) is 66.6 Å². The van der Waals surface area contributed by atoms with Crippen LogP contribution in [0.3, 0.4) is 0 Å². The maximum absolute atomic E-state index is 2.66. The molecule has 0 amide bonds. The van der Waals surface area contributed by atoms with Crippen LogP contribution in [0.5, 0.6) is 0 Å². The van der Waals surface area contributed by atoms with E-state index in [0.29, 0.717) is 0 Å². The summed E-state index contributed by atoms with van der Waals surface area (Å²) in [5, 5.41) is 5.09. The zero-order chi connectivity index (χ0) is 30.4. The lowest BCUT2D eigenvalue weighted by atomic mass is 9.71. The monoisotopic (exact) mass is 594 g/mol. The van der Waals surface area contributed by atoms with Crippen molar-refractivity contribution in [2.75, 3.05) is 0 Å². The van der Waals surface area contributed by atoms with Crippen molar-refractivity contribution in [3.63, 3.8) is 0 Å². The highest BCUT2D eigenvalue weighted by Crippen LogP contribution is 2.59. The van der Waals surface area contributed by atoms with Gasteiger partial charge in [0.15, 0.2) is 5.41 Å². The van der Waals surface area contributed by atoms with Crippen molar-refractivity contribution in [1.29, 1.82) is 0 Å². The van der Waals surface area contributed by atoms with Crippen LogP contribution in [0.2, 0.25) is 0 Å². The second-order valence-corrected chi connectivity index (χ2v) is 13.2. The molecule has 0 atom stereocenters. The molecule has 0 saturated heterocycles. The lowest BCUT2D eigenvalue weighted by Gasteiger charge is -2.27. The Morgan fingerprint density at radius 1 is 0.340 bits per heavy atom. The molecule has 8 aromatic rings. The lowest BCUT2D eigenvalue weighted by molar-refractivity contribution is -0.583. The third-order valence-electron chi connectivity index (χ3n) is 11.2. The van der Waals surface area contributed by atoms with Gasteiger partial charge in [0.2, 0.25) is 22.8 Å². The van der Waals surface area contributed by atoms with Crippen LogP contribution < -0.4 is 9.13 Å². The molecule has 1 spiro atoms. The minimum absolute atomic E-state index is 0.582. The van der Waals surface area contributed by atoms with Gasteiger partial charge < -0.3 is 0 Å². The van der Waals surface area contributed by atoms with E-state index in [9.17, 15) is 0 Å². The first-order valence-electron chi connectivity index (χ1n) is 16.5. The van der Waals surface area contributed by atoms with E-state index in [-0.39, 0.29) is 0 Å². The van der Waals surface area contributed by atoms with Crippen LogP contribution in [0.15, 0.2) is 158 Å². The third-order valence-corrected chi connectivity index (χ3v) is 11.2. The van der Waals surface area contributed by atoms with Crippen molar-refractivity contribution in [1.82, 2.24) is 0 Å². The largest absolute Gasteiger partial charge is 0.292 e. The Morgan fingerprint density at radius 2 is 0.702 bits per heavy atom. The molecule has 214 valence electrons. The van der Waals surface area contributed by atoms with Gasteiger partial charge in [-0.15, -0.1) is 9.13 Å². The fourth-order valence-corrected chi connectivity index (χ4v) is 9.55. The van der Waals surface area contributed by atoms with Crippen molar-refractivity contribution < 1.29 is 9.13 Å². The first kappa shape index (κ1) is 24.2. The van der Waals surface area contributed by atoms with Crippen molar-refractivity contribution in [2.24, 2.45) is 0 Å². The van der Waals surface area contributed by atoms with Gasteiger partial charge in [-0.1, -0.05) is 109 Å². The van der Waals surface area contributed by atoms with Gasteiger partial charge in [-0.25, -0.2) is 0 Å². The molecule has 6 aromatic carbocycles. The molecular formula is C45H26N2+2. The first-order valence-corrected chi connectivity index (χ1v) is 16.5. The van der Waals surface area contributed by atoms with Gasteiger partial charge in [0.1, 0.15) is 0 Å². The molecule has 0 saturated carbocycles. The molecule has 0 fully saturated rings. The summed E-state index contributed by atoms with van der Waals surface area (Å²) in [5.41, 5.74) is 17.5. The topological polar surface area (TPSA) is 7.76 Å². The van der Waals surface area contributed by atoms with Gasteiger partial charge in [0, 0.05) is 12.1 Å². The highest BCUT2D eigenvalue weighted by Gasteiger charge is 2.63.